The molecule has 2 aromatic carbocycles. The largest absolute Gasteiger partial charge is 0.395 e. The zero-order valence-corrected chi connectivity index (χ0v) is 15.1. The quantitative estimate of drug-likeness (QED) is 0.623. The minimum absolute atomic E-state index is 0.0818. The van der Waals surface area contributed by atoms with Crippen molar-refractivity contribution in [2.24, 2.45) is 0 Å². The average Bonchev–Trinajstić information content (AvgIpc) is 3.04. The summed E-state index contributed by atoms with van der Waals surface area (Å²) in [7, 11) is 0. The maximum atomic E-state index is 12.5. The number of hydrogen-bond donors (Lipinski definition) is 3. The molecule has 3 aromatic rings. The zero-order chi connectivity index (χ0) is 18.5. The summed E-state index contributed by atoms with van der Waals surface area (Å²) in [5.74, 6) is -0.407. The number of hydrogen-bond acceptors (Lipinski definition) is 5. The Bertz CT molecular complexity index is 935. The monoisotopic (exact) mass is 369 g/mol. The van der Waals surface area contributed by atoms with Crippen LogP contribution in [-0.4, -0.2) is 34.4 Å². The van der Waals surface area contributed by atoms with Crippen molar-refractivity contribution in [3.8, 4) is 0 Å². The van der Waals surface area contributed by atoms with E-state index in [1.54, 1.807) is 24.3 Å². The third kappa shape index (κ3) is 4.25. The Balaban J connectivity index is 1.67. The van der Waals surface area contributed by atoms with Gasteiger partial charge in [-0.25, -0.2) is 0 Å². The molecule has 0 atom stereocenters. The molecule has 0 aliphatic rings. The molecule has 7 heteroatoms. The Morgan fingerprint density at radius 3 is 2.65 bits per heavy atom. The van der Waals surface area contributed by atoms with Crippen LogP contribution in [0.15, 0.2) is 42.5 Å². The fourth-order valence-electron chi connectivity index (χ4n) is 2.56. The zero-order valence-electron chi connectivity index (χ0n) is 14.3. The average molecular weight is 369 g/mol. The Labute approximate surface area is 155 Å². The van der Waals surface area contributed by atoms with Crippen molar-refractivity contribution >= 4 is 39.1 Å². The lowest BCUT2D eigenvalue weighted by atomic mass is 10.1. The van der Waals surface area contributed by atoms with Crippen molar-refractivity contribution in [1.29, 1.82) is 0 Å². The van der Waals surface area contributed by atoms with E-state index in [1.165, 1.54) is 11.5 Å². The van der Waals surface area contributed by atoms with Gasteiger partial charge in [-0.2, -0.15) is 4.37 Å². The van der Waals surface area contributed by atoms with Gasteiger partial charge in [0.1, 0.15) is 5.69 Å². The minimum Gasteiger partial charge on any atom is -0.395 e. The number of carbonyl (C=O) groups excluding carboxylic acids is 2. The molecule has 3 rings (SSSR count). The molecule has 2 amide bonds. The first-order valence-electron chi connectivity index (χ1n) is 8.20. The Morgan fingerprint density at radius 1 is 1.15 bits per heavy atom. The van der Waals surface area contributed by atoms with E-state index in [1.807, 2.05) is 25.1 Å². The maximum absolute atomic E-state index is 12.5. The van der Waals surface area contributed by atoms with Gasteiger partial charge in [0, 0.05) is 17.6 Å². The molecule has 1 aromatic heterocycles. The standard InChI is InChI=1S/C19H19N3O3S/c1-12-2-7-16-15(10-12)18(22-26-16)19(25)21-14-5-3-13(4-6-14)11-17(24)20-8-9-23/h2-7,10,23H,8-9,11H2,1H3,(H,20,24)(H,21,25). The van der Waals surface area contributed by atoms with Crippen molar-refractivity contribution in [2.75, 3.05) is 18.5 Å². The molecule has 0 radical (unpaired) electrons. The van der Waals surface area contributed by atoms with E-state index >= 15 is 0 Å². The predicted octanol–water partition coefficient (Wildman–Crippen LogP) is 2.51. The number of nitrogens with zero attached hydrogens (tertiary/aromatic N) is 1. The SMILES string of the molecule is Cc1ccc2snc(C(=O)Nc3ccc(CC(=O)NCCO)cc3)c2c1. The normalized spacial score (nSPS) is 10.7. The molecular formula is C19H19N3O3S. The molecule has 0 bridgehead atoms. The first kappa shape index (κ1) is 18.0. The topological polar surface area (TPSA) is 91.3 Å². The number of aliphatic hydroxyl groups excluding tert-OH is 1. The third-order valence-electron chi connectivity index (χ3n) is 3.85. The van der Waals surface area contributed by atoms with Crippen LogP contribution < -0.4 is 10.6 Å². The van der Waals surface area contributed by atoms with Crippen LogP contribution in [0.2, 0.25) is 0 Å². The first-order valence-corrected chi connectivity index (χ1v) is 8.98. The molecule has 0 aliphatic heterocycles. The summed E-state index contributed by atoms with van der Waals surface area (Å²) in [4.78, 5) is 24.2. The molecule has 0 fully saturated rings. The summed E-state index contributed by atoms with van der Waals surface area (Å²) < 4.78 is 5.25. The van der Waals surface area contributed by atoms with Gasteiger partial charge in [-0.3, -0.25) is 9.59 Å². The number of amides is 2. The van der Waals surface area contributed by atoms with E-state index in [-0.39, 0.29) is 31.4 Å². The molecule has 26 heavy (non-hydrogen) atoms. The fourth-order valence-corrected chi connectivity index (χ4v) is 3.31. The molecule has 1 heterocycles. The number of rotatable bonds is 6. The maximum Gasteiger partial charge on any atom is 0.276 e. The van der Waals surface area contributed by atoms with Gasteiger partial charge in [-0.1, -0.05) is 23.8 Å². The highest BCUT2D eigenvalue weighted by atomic mass is 32.1. The van der Waals surface area contributed by atoms with Crippen molar-refractivity contribution in [3.63, 3.8) is 0 Å². The smallest absolute Gasteiger partial charge is 0.276 e. The minimum atomic E-state index is -0.254. The van der Waals surface area contributed by atoms with E-state index in [9.17, 15) is 9.59 Å². The highest BCUT2D eigenvalue weighted by Crippen LogP contribution is 2.24. The van der Waals surface area contributed by atoms with Crippen LogP contribution in [0.5, 0.6) is 0 Å². The molecule has 0 unspecified atom stereocenters. The van der Waals surface area contributed by atoms with Crippen LogP contribution in [0.3, 0.4) is 0 Å². The van der Waals surface area contributed by atoms with Crippen molar-refractivity contribution < 1.29 is 14.7 Å². The van der Waals surface area contributed by atoms with Crippen molar-refractivity contribution in [3.05, 3.63) is 59.3 Å². The van der Waals surface area contributed by atoms with E-state index in [0.29, 0.717) is 11.4 Å². The summed E-state index contributed by atoms with van der Waals surface area (Å²) in [6, 6.07) is 13.0. The Kier molecular flexibility index (Phi) is 5.60. The highest BCUT2D eigenvalue weighted by molar-refractivity contribution is 7.13. The third-order valence-corrected chi connectivity index (χ3v) is 4.68. The van der Waals surface area contributed by atoms with Gasteiger partial charge in [0.2, 0.25) is 5.91 Å². The van der Waals surface area contributed by atoms with Gasteiger partial charge in [0.25, 0.3) is 5.91 Å². The second kappa shape index (κ2) is 8.07. The molecule has 3 N–H and O–H groups in total. The second-order valence-electron chi connectivity index (χ2n) is 5.93. The van der Waals surface area contributed by atoms with Crippen LogP contribution in [0.25, 0.3) is 10.1 Å². The number of nitrogens with one attached hydrogen (secondary N) is 2. The molecule has 0 spiro atoms. The Morgan fingerprint density at radius 2 is 1.92 bits per heavy atom. The van der Waals surface area contributed by atoms with Gasteiger partial charge in [-0.05, 0) is 48.3 Å². The van der Waals surface area contributed by atoms with Crippen molar-refractivity contribution in [2.45, 2.75) is 13.3 Å². The first-order chi connectivity index (χ1) is 12.6. The summed E-state index contributed by atoms with van der Waals surface area (Å²) in [5, 5.41) is 15.0. The number of benzene rings is 2. The predicted molar refractivity (Wildman–Crippen MR) is 103 cm³/mol. The van der Waals surface area contributed by atoms with Crippen molar-refractivity contribution in [1.82, 2.24) is 9.69 Å². The van der Waals surface area contributed by atoms with Crippen LogP contribution in [0, 0.1) is 6.92 Å². The lowest BCUT2D eigenvalue weighted by molar-refractivity contribution is -0.120. The lowest BCUT2D eigenvalue weighted by Crippen LogP contribution is -2.27. The summed E-state index contributed by atoms with van der Waals surface area (Å²) >= 11 is 1.30. The fraction of sp³-hybridized carbons (Fsp3) is 0.211. The van der Waals surface area contributed by atoms with Gasteiger partial charge in [0.15, 0.2) is 0 Å². The molecule has 0 saturated carbocycles. The van der Waals surface area contributed by atoms with Crippen LogP contribution in [0.1, 0.15) is 21.6 Å². The number of aromatic nitrogens is 1. The molecular weight excluding hydrogens is 350 g/mol. The number of anilines is 1. The van der Waals surface area contributed by atoms with Crippen LogP contribution in [-0.2, 0) is 11.2 Å². The Hall–Kier alpha value is -2.77. The number of aliphatic hydroxyl groups is 1. The summed E-state index contributed by atoms with van der Waals surface area (Å²) in [5.41, 5.74) is 2.97. The molecule has 134 valence electrons. The van der Waals surface area contributed by atoms with E-state index < -0.39 is 0 Å². The summed E-state index contributed by atoms with van der Waals surface area (Å²) in [6.45, 7) is 2.14. The number of fused-ring (bicyclic) bond motifs is 1. The van der Waals surface area contributed by atoms with Crippen LogP contribution >= 0.6 is 11.5 Å². The number of carbonyl (C=O) groups is 2. The van der Waals surface area contributed by atoms with Gasteiger partial charge < -0.3 is 15.7 Å². The summed E-state index contributed by atoms with van der Waals surface area (Å²) in [6.07, 6.45) is 0.226. The molecule has 6 nitrogen and oxygen atoms in total. The van der Waals surface area contributed by atoms with E-state index in [0.717, 1.165) is 21.2 Å². The lowest BCUT2D eigenvalue weighted by Gasteiger charge is -2.06. The van der Waals surface area contributed by atoms with Gasteiger partial charge in [-0.15, -0.1) is 0 Å². The number of aryl methyl sites for hydroxylation is 1. The van der Waals surface area contributed by atoms with Crippen LogP contribution in [0.4, 0.5) is 5.69 Å². The molecule has 0 aliphatic carbocycles. The second-order valence-corrected chi connectivity index (χ2v) is 6.74. The van der Waals surface area contributed by atoms with Gasteiger partial charge in [0.05, 0.1) is 17.7 Å². The van der Waals surface area contributed by atoms with E-state index in [2.05, 4.69) is 15.0 Å². The van der Waals surface area contributed by atoms with Gasteiger partial charge >= 0.3 is 0 Å². The van der Waals surface area contributed by atoms with E-state index in [4.69, 9.17) is 5.11 Å². The highest BCUT2D eigenvalue weighted by Gasteiger charge is 2.15. The molecule has 0 saturated heterocycles.